The van der Waals surface area contributed by atoms with Crippen molar-refractivity contribution in [2.24, 2.45) is 4.99 Å². The number of fused-ring (bicyclic) bond motifs is 3. The maximum atomic E-state index is 13.6. The number of aromatic nitrogens is 1. The normalized spacial score (nSPS) is 17.4. The molecule has 0 unspecified atom stereocenters. The molecular weight excluding hydrogens is 436 g/mol. The Balaban J connectivity index is 1.62. The molecule has 0 spiro atoms. The van der Waals surface area contributed by atoms with Crippen LogP contribution in [0.3, 0.4) is 0 Å². The Kier molecular flexibility index (Phi) is 4.71. The van der Waals surface area contributed by atoms with Crippen molar-refractivity contribution in [3.05, 3.63) is 131 Å². The molecule has 0 saturated carbocycles. The fourth-order valence-corrected chi connectivity index (χ4v) is 5.80. The van der Waals surface area contributed by atoms with Gasteiger partial charge in [-0.2, -0.15) is 0 Å². The molecular formula is C27H19ClN2OS. The number of benzene rings is 3. The second-order valence-corrected chi connectivity index (χ2v) is 9.52. The molecule has 156 valence electrons. The zero-order chi connectivity index (χ0) is 21.7. The zero-order valence-corrected chi connectivity index (χ0v) is 18.7. The minimum atomic E-state index is -0.136. The number of thiazole rings is 1. The average molecular weight is 455 g/mol. The molecule has 4 aromatic rings. The molecule has 32 heavy (non-hydrogen) atoms. The summed E-state index contributed by atoms with van der Waals surface area (Å²) < 4.78 is 2.56. The number of rotatable bonds is 2. The average Bonchev–Trinajstić information content (AvgIpc) is 3.14. The second kappa shape index (κ2) is 7.73. The molecule has 1 atom stereocenters. The van der Waals surface area contributed by atoms with E-state index < -0.39 is 0 Å². The molecule has 1 aliphatic heterocycles. The summed E-state index contributed by atoms with van der Waals surface area (Å²) in [7, 11) is 0. The van der Waals surface area contributed by atoms with E-state index in [4.69, 9.17) is 16.6 Å². The van der Waals surface area contributed by atoms with Crippen LogP contribution in [0.1, 0.15) is 34.7 Å². The number of hydrogen-bond donors (Lipinski definition) is 0. The lowest BCUT2D eigenvalue weighted by molar-refractivity contribution is 0.585. The fraction of sp³-hybridized carbons (Fsp3) is 0.111. The van der Waals surface area contributed by atoms with E-state index in [1.165, 1.54) is 28.0 Å². The first-order chi connectivity index (χ1) is 15.7. The maximum absolute atomic E-state index is 13.6. The van der Waals surface area contributed by atoms with Crippen LogP contribution in [0.25, 0.3) is 11.8 Å². The van der Waals surface area contributed by atoms with E-state index in [1.807, 2.05) is 53.1 Å². The molecule has 6 rings (SSSR count). The Morgan fingerprint density at radius 3 is 2.50 bits per heavy atom. The molecule has 2 aliphatic rings. The molecule has 3 aromatic carbocycles. The highest BCUT2D eigenvalue weighted by molar-refractivity contribution is 7.07. The molecule has 0 N–H and O–H groups in total. The van der Waals surface area contributed by atoms with Crippen LogP contribution in [0.4, 0.5) is 0 Å². The van der Waals surface area contributed by atoms with Crippen molar-refractivity contribution in [3.63, 3.8) is 0 Å². The summed E-state index contributed by atoms with van der Waals surface area (Å²) in [6.07, 6.45) is 3.79. The van der Waals surface area contributed by atoms with Gasteiger partial charge in [0.05, 0.1) is 16.3 Å². The largest absolute Gasteiger partial charge is 0.272 e. The summed E-state index contributed by atoms with van der Waals surface area (Å²) in [6, 6.07) is 26.2. The van der Waals surface area contributed by atoms with Crippen molar-refractivity contribution in [2.45, 2.75) is 18.9 Å². The predicted molar refractivity (Wildman–Crippen MR) is 131 cm³/mol. The molecule has 0 radical (unpaired) electrons. The molecule has 5 heteroatoms. The highest BCUT2D eigenvalue weighted by atomic mass is 35.5. The molecule has 3 nitrogen and oxygen atoms in total. The van der Waals surface area contributed by atoms with Crippen LogP contribution >= 0.6 is 22.9 Å². The van der Waals surface area contributed by atoms with Gasteiger partial charge in [0.15, 0.2) is 4.80 Å². The van der Waals surface area contributed by atoms with E-state index in [9.17, 15) is 4.79 Å². The lowest BCUT2D eigenvalue weighted by Gasteiger charge is -2.30. The number of allylic oxidation sites excluding steroid dienone is 1. The molecule has 0 bridgehead atoms. The van der Waals surface area contributed by atoms with Crippen molar-refractivity contribution >= 4 is 34.7 Å². The van der Waals surface area contributed by atoms with Crippen molar-refractivity contribution < 1.29 is 0 Å². The van der Waals surface area contributed by atoms with Crippen LogP contribution < -0.4 is 14.9 Å². The third-order valence-corrected chi connectivity index (χ3v) is 7.39. The topological polar surface area (TPSA) is 34.4 Å². The summed E-state index contributed by atoms with van der Waals surface area (Å²) >= 11 is 7.48. The van der Waals surface area contributed by atoms with Crippen LogP contribution in [0.2, 0.25) is 5.02 Å². The Morgan fingerprint density at radius 1 is 0.938 bits per heavy atom. The summed E-state index contributed by atoms with van der Waals surface area (Å²) in [5.74, 6) is 0. The number of nitrogens with zero attached hydrogens (tertiary/aromatic N) is 2. The lowest BCUT2D eigenvalue weighted by atomic mass is 9.83. The summed E-state index contributed by atoms with van der Waals surface area (Å²) in [5.41, 5.74) is 6.83. The van der Waals surface area contributed by atoms with E-state index >= 15 is 0 Å². The van der Waals surface area contributed by atoms with E-state index in [0.717, 1.165) is 34.5 Å². The molecule has 2 heterocycles. The van der Waals surface area contributed by atoms with Gasteiger partial charge >= 0.3 is 0 Å². The summed E-state index contributed by atoms with van der Waals surface area (Å²) in [4.78, 5) is 19.4. The molecule has 0 amide bonds. The van der Waals surface area contributed by atoms with Crippen molar-refractivity contribution in [1.29, 1.82) is 0 Å². The van der Waals surface area contributed by atoms with Crippen LogP contribution in [0, 0.1) is 0 Å². The van der Waals surface area contributed by atoms with Crippen molar-refractivity contribution in [3.8, 4) is 0 Å². The third-order valence-electron chi connectivity index (χ3n) is 6.16. The third kappa shape index (κ3) is 3.19. The molecule has 1 aromatic heterocycles. The highest BCUT2D eigenvalue weighted by Gasteiger charge is 2.32. The minimum Gasteiger partial charge on any atom is -0.272 e. The Labute approximate surface area is 194 Å². The first kappa shape index (κ1) is 19.5. The zero-order valence-electron chi connectivity index (χ0n) is 17.2. The number of halogens is 1. The predicted octanol–water partition coefficient (Wildman–Crippen LogP) is 4.97. The highest BCUT2D eigenvalue weighted by Crippen LogP contribution is 2.41. The van der Waals surface area contributed by atoms with Gasteiger partial charge in [-0.1, -0.05) is 89.7 Å². The Morgan fingerprint density at radius 2 is 1.69 bits per heavy atom. The fourth-order valence-electron chi connectivity index (χ4n) is 4.67. The van der Waals surface area contributed by atoms with E-state index in [2.05, 4.69) is 36.4 Å². The van der Waals surface area contributed by atoms with Crippen LogP contribution in [-0.2, 0) is 6.42 Å². The van der Waals surface area contributed by atoms with Gasteiger partial charge in [-0.25, -0.2) is 4.99 Å². The lowest BCUT2D eigenvalue weighted by Crippen LogP contribution is -2.38. The Hall–Kier alpha value is -3.21. The Bertz CT molecular complexity index is 1550. The van der Waals surface area contributed by atoms with Crippen LogP contribution in [0.5, 0.6) is 0 Å². The van der Waals surface area contributed by atoms with Gasteiger partial charge in [0.1, 0.15) is 0 Å². The van der Waals surface area contributed by atoms with Gasteiger partial charge in [-0.05, 0) is 53.3 Å². The smallest absolute Gasteiger partial charge is 0.271 e. The number of hydrogen-bond acceptors (Lipinski definition) is 3. The van der Waals surface area contributed by atoms with Gasteiger partial charge < -0.3 is 0 Å². The van der Waals surface area contributed by atoms with Gasteiger partial charge in [0, 0.05) is 10.6 Å². The van der Waals surface area contributed by atoms with Gasteiger partial charge in [-0.3, -0.25) is 9.36 Å². The van der Waals surface area contributed by atoms with Crippen LogP contribution in [-0.4, -0.2) is 4.57 Å². The molecule has 1 aliphatic carbocycles. The quantitative estimate of drug-likeness (QED) is 0.421. The van der Waals surface area contributed by atoms with Crippen LogP contribution in [0.15, 0.2) is 94.2 Å². The summed E-state index contributed by atoms with van der Waals surface area (Å²) in [5, 5.41) is 0.680. The van der Waals surface area contributed by atoms with Gasteiger partial charge in [0.2, 0.25) is 0 Å². The monoisotopic (exact) mass is 454 g/mol. The minimum absolute atomic E-state index is 0.00274. The maximum Gasteiger partial charge on any atom is 0.271 e. The standard InChI is InChI=1S/C27H19ClN2OS/c28-20-13-10-17(11-14-20)16-23-26(31)30-25(19-7-2-1-3-8-19)22-15-12-18-6-4-5-9-21(18)24(22)29-27(30)32-23/h1-11,13-14,16,25H,12,15H2/b23-16+/t25-/m1/s1. The first-order valence-corrected chi connectivity index (χ1v) is 11.8. The van der Waals surface area contributed by atoms with E-state index in [-0.39, 0.29) is 11.6 Å². The van der Waals surface area contributed by atoms with Crippen molar-refractivity contribution in [2.75, 3.05) is 0 Å². The second-order valence-electron chi connectivity index (χ2n) is 8.08. The first-order valence-electron chi connectivity index (χ1n) is 10.6. The summed E-state index contributed by atoms with van der Waals surface area (Å²) in [6.45, 7) is 0. The van der Waals surface area contributed by atoms with Gasteiger partial charge in [0.25, 0.3) is 5.56 Å². The SMILES string of the molecule is O=c1/c(=C\c2ccc(Cl)cc2)sc2n1[C@H](c1ccccc1)C1=C(N=2)c2ccccc2CC1. The molecule has 0 fully saturated rings. The van der Waals surface area contributed by atoms with E-state index in [0.29, 0.717) is 9.55 Å². The van der Waals surface area contributed by atoms with E-state index in [1.54, 1.807) is 0 Å². The number of aryl methyl sites for hydroxylation is 1. The molecule has 0 saturated heterocycles. The van der Waals surface area contributed by atoms with Crippen molar-refractivity contribution in [1.82, 2.24) is 4.57 Å². The van der Waals surface area contributed by atoms with Gasteiger partial charge in [-0.15, -0.1) is 0 Å².